The number of nitrogens with zero attached hydrogens (tertiary/aromatic N) is 3. The Morgan fingerprint density at radius 2 is 2.18 bits per heavy atom. The lowest BCUT2D eigenvalue weighted by Crippen LogP contribution is -2.27. The Morgan fingerprint density at radius 3 is 2.89 bits per heavy atom. The van der Waals surface area contributed by atoms with Crippen molar-refractivity contribution in [3.63, 3.8) is 0 Å². The maximum atomic E-state index is 13.0. The van der Waals surface area contributed by atoms with E-state index < -0.39 is 0 Å². The molecule has 3 rings (SSSR count). The Balaban J connectivity index is 1.99. The van der Waals surface area contributed by atoms with Crippen molar-refractivity contribution in [2.45, 2.75) is 6.92 Å². The lowest BCUT2D eigenvalue weighted by Gasteiger charge is -2.11. The fourth-order valence-electron chi connectivity index (χ4n) is 2.68. The molecule has 0 radical (unpaired) electrons. The molecule has 1 saturated heterocycles. The van der Waals surface area contributed by atoms with Crippen LogP contribution >= 0.6 is 24.0 Å². The van der Waals surface area contributed by atoms with Crippen molar-refractivity contribution >= 4 is 51.7 Å². The third-order valence-corrected chi connectivity index (χ3v) is 5.39. The smallest absolute Gasteiger partial charge is 0.267 e. The number of hydrogen-bond acceptors (Lipinski definition) is 8. The first-order valence-corrected chi connectivity index (χ1v) is 9.98. The number of amides is 1. The molecule has 8 nitrogen and oxygen atoms in total. The molecule has 2 aromatic rings. The topological polar surface area (TPSA) is 96.2 Å². The minimum absolute atomic E-state index is 0.0555. The number of carbonyl (C=O) groups excluding carboxylic acids is 1. The number of thiocarbonyl (C=S) groups is 1. The van der Waals surface area contributed by atoms with E-state index in [1.807, 2.05) is 6.92 Å². The van der Waals surface area contributed by atoms with Crippen LogP contribution in [0.5, 0.6) is 0 Å². The monoisotopic (exact) mass is 420 g/mol. The number of thioether (sulfide) groups is 1. The van der Waals surface area contributed by atoms with Crippen LogP contribution in [0.4, 0.5) is 5.82 Å². The second-order valence-electron chi connectivity index (χ2n) is 5.80. The van der Waals surface area contributed by atoms with Crippen LogP contribution in [0.3, 0.4) is 0 Å². The van der Waals surface area contributed by atoms with Gasteiger partial charge >= 0.3 is 0 Å². The zero-order chi connectivity index (χ0) is 20.1. The number of ether oxygens (including phenoxy) is 1. The molecule has 0 spiro atoms. The molecule has 0 bridgehead atoms. The van der Waals surface area contributed by atoms with Gasteiger partial charge in [0, 0.05) is 19.3 Å². The Labute approximate surface area is 171 Å². The molecule has 0 aromatic carbocycles. The van der Waals surface area contributed by atoms with E-state index in [2.05, 4.69) is 10.3 Å². The van der Waals surface area contributed by atoms with E-state index in [-0.39, 0.29) is 30.2 Å². The van der Waals surface area contributed by atoms with Crippen LogP contribution in [0.15, 0.2) is 34.1 Å². The molecule has 0 atom stereocenters. The summed E-state index contributed by atoms with van der Waals surface area (Å²) in [7, 11) is 0. The summed E-state index contributed by atoms with van der Waals surface area (Å²) in [5.41, 5.74) is 0.484. The van der Waals surface area contributed by atoms with Crippen molar-refractivity contribution < 1.29 is 14.6 Å². The maximum Gasteiger partial charge on any atom is 0.267 e. The van der Waals surface area contributed by atoms with E-state index in [4.69, 9.17) is 22.1 Å². The average molecular weight is 421 g/mol. The van der Waals surface area contributed by atoms with Gasteiger partial charge in [-0.15, -0.1) is 0 Å². The molecule has 0 unspecified atom stereocenters. The van der Waals surface area contributed by atoms with Crippen molar-refractivity contribution in [2.75, 3.05) is 38.2 Å². The van der Waals surface area contributed by atoms with Crippen LogP contribution in [0.25, 0.3) is 11.7 Å². The first kappa shape index (κ1) is 20.5. The number of aliphatic hydroxyl groups excluding tert-OH is 1. The summed E-state index contributed by atoms with van der Waals surface area (Å²) < 4.78 is 7.14. The SMILES string of the molecule is CCN1C(=O)C(=Cc2c(NCCOCCO)nc3ccccn3c2=O)SC1=S. The fraction of sp³-hybridized carbons (Fsp3) is 0.333. The van der Waals surface area contributed by atoms with E-state index in [0.29, 0.717) is 40.4 Å². The number of aliphatic hydroxyl groups is 1. The van der Waals surface area contributed by atoms with Crippen molar-refractivity contribution in [1.82, 2.24) is 14.3 Å². The van der Waals surface area contributed by atoms with Crippen molar-refractivity contribution in [3.05, 3.63) is 45.2 Å². The third-order valence-electron chi connectivity index (χ3n) is 4.01. The summed E-state index contributed by atoms with van der Waals surface area (Å²) in [6.45, 7) is 3.24. The minimum Gasteiger partial charge on any atom is -0.394 e. The van der Waals surface area contributed by atoms with Crippen LogP contribution in [0.2, 0.25) is 0 Å². The lowest BCUT2D eigenvalue weighted by molar-refractivity contribution is -0.121. The van der Waals surface area contributed by atoms with E-state index in [1.54, 1.807) is 30.5 Å². The zero-order valence-corrected chi connectivity index (χ0v) is 16.9. The van der Waals surface area contributed by atoms with Crippen molar-refractivity contribution in [2.24, 2.45) is 0 Å². The molecule has 1 fully saturated rings. The van der Waals surface area contributed by atoms with Gasteiger partial charge in [0.2, 0.25) is 0 Å². The Bertz CT molecular complexity index is 989. The number of nitrogens with one attached hydrogen (secondary N) is 1. The highest BCUT2D eigenvalue weighted by Crippen LogP contribution is 2.32. The molecular formula is C18H20N4O4S2. The van der Waals surface area contributed by atoms with Gasteiger partial charge in [-0.25, -0.2) is 4.98 Å². The zero-order valence-electron chi connectivity index (χ0n) is 15.3. The summed E-state index contributed by atoms with van der Waals surface area (Å²) in [5, 5.41) is 11.9. The minimum atomic E-state index is -0.286. The maximum absolute atomic E-state index is 13.0. The predicted molar refractivity (Wildman–Crippen MR) is 113 cm³/mol. The Hall–Kier alpha value is -2.27. The second kappa shape index (κ2) is 9.28. The number of hydrogen-bond donors (Lipinski definition) is 2. The highest BCUT2D eigenvalue weighted by Gasteiger charge is 2.31. The highest BCUT2D eigenvalue weighted by molar-refractivity contribution is 8.26. The van der Waals surface area contributed by atoms with E-state index >= 15 is 0 Å². The van der Waals surface area contributed by atoms with Gasteiger partial charge in [-0.05, 0) is 25.1 Å². The Kier molecular flexibility index (Phi) is 6.79. The van der Waals surface area contributed by atoms with Gasteiger partial charge in [0.15, 0.2) is 0 Å². The third kappa shape index (κ3) is 4.25. The fourth-order valence-corrected chi connectivity index (χ4v) is 4.05. The first-order valence-electron chi connectivity index (χ1n) is 8.76. The molecule has 10 heteroatoms. The van der Waals surface area contributed by atoms with Crippen molar-refractivity contribution in [1.29, 1.82) is 0 Å². The molecule has 148 valence electrons. The summed E-state index contributed by atoms with van der Waals surface area (Å²) in [6, 6.07) is 5.27. The second-order valence-corrected chi connectivity index (χ2v) is 7.47. The summed E-state index contributed by atoms with van der Waals surface area (Å²) in [6.07, 6.45) is 3.17. The number of anilines is 1. The molecule has 3 heterocycles. The van der Waals surface area contributed by atoms with Crippen LogP contribution in [0, 0.1) is 0 Å². The van der Waals surface area contributed by atoms with Crippen LogP contribution in [-0.2, 0) is 9.53 Å². The number of carbonyl (C=O) groups is 1. The largest absolute Gasteiger partial charge is 0.394 e. The molecule has 28 heavy (non-hydrogen) atoms. The predicted octanol–water partition coefficient (Wildman–Crippen LogP) is 1.34. The average Bonchev–Trinajstić information content (AvgIpc) is 2.97. The van der Waals surface area contributed by atoms with Gasteiger partial charge in [-0.1, -0.05) is 30.0 Å². The standard InChI is InChI=1S/C18H20N4O4S2/c1-2-21-17(25)13(28-18(21)27)11-12-15(19-6-9-26-10-8-23)20-14-5-3-4-7-22(14)16(12)24/h3-5,7,11,19,23H,2,6,8-10H2,1H3. The lowest BCUT2D eigenvalue weighted by atomic mass is 10.2. The van der Waals surface area contributed by atoms with E-state index in [0.717, 1.165) is 0 Å². The summed E-state index contributed by atoms with van der Waals surface area (Å²) >= 11 is 6.41. The normalized spacial score (nSPS) is 15.8. The van der Waals surface area contributed by atoms with Crippen LogP contribution in [0.1, 0.15) is 12.5 Å². The summed E-state index contributed by atoms with van der Waals surface area (Å²) in [4.78, 5) is 31.9. The Morgan fingerprint density at radius 1 is 1.36 bits per heavy atom. The number of fused-ring (bicyclic) bond motifs is 1. The van der Waals surface area contributed by atoms with Gasteiger partial charge in [-0.2, -0.15) is 0 Å². The van der Waals surface area contributed by atoms with E-state index in [9.17, 15) is 9.59 Å². The van der Waals surface area contributed by atoms with Crippen molar-refractivity contribution in [3.8, 4) is 0 Å². The number of rotatable bonds is 8. The van der Waals surface area contributed by atoms with Gasteiger partial charge < -0.3 is 15.2 Å². The molecule has 2 aromatic heterocycles. The van der Waals surface area contributed by atoms with Gasteiger partial charge in [0.1, 0.15) is 15.8 Å². The summed E-state index contributed by atoms with van der Waals surface area (Å²) in [5.74, 6) is 0.151. The quantitative estimate of drug-likeness (QED) is 0.375. The molecular weight excluding hydrogens is 400 g/mol. The molecule has 1 aliphatic rings. The number of likely N-dealkylation sites (N-methyl/N-ethyl adjacent to an activating group) is 1. The molecule has 2 N–H and O–H groups in total. The van der Waals surface area contributed by atoms with Crippen LogP contribution in [-0.4, -0.2) is 62.5 Å². The molecule has 0 saturated carbocycles. The highest BCUT2D eigenvalue weighted by atomic mass is 32.2. The first-order chi connectivity index (χ1) is 13.6. The molecule has 1 amide bonds. The molecule has 1 aliphatic heterocycles. The van der Waals surface area contributed by atoms with Gasteiger partial charge in [0.25, 0.3) is 11.5 Å². The van der Waals surface area contributed by atoms with E-state index in [1.165, 1.54) is 21.1 Å². The number of aromatic nitrogens is 2. The molecule has 0 aliphatic carbocycles. The van der Waals surface area contributed by atoms with Gasteiger partial charge in [-0.3, -0.25) is 18.9 Å². The van der Waals surface area contributed by atoms with Crippen LogP contribution < -0.4 is 10.9 Å². The number of pyridine rings is 1. The van der Waals surface area contributed by atoms with Gasteiger partial charge in [0.05, 0.1) is 30.3 Å².